The molecule has 0 fully saturated rings. The van der Waals surface area contributed by atoms with Crippen LogP contribution in [-0.2, 0) is 6.42 Å². The molecule has 0 unspecified atom stereocenters. The van der Waals surface area contributed by atoms with Gasteiger partial charge in [0.1, 0.15) is 4.88 Å². The molecule has 0 aliphatic rings. The van der Waals surface area contributed by atoms with Gasteiger partial charge in [-0.3, -0.25) is 4.79 Å². The lowest BCUT2D eigenvalue weighted by atomic mass is 10.2. The number of thiazole rings is 1. The number of nitrogens with zero attached hydrogens (tertiary/aromatic N) is 1. The smallest absolute Gasteiger partial charge is 0.262 e. The van der Waals surface area contributed by atoms with Crippen molar-refractivity contribution < 1.29 is 4.79 Å². The first-order chi connectivity index (χ1) is 9.70. The number of hydrogen-bond acceptors (Lipinski definition) is 5. The van der Waals surface area contributed by atoms with Crippen LogP contribution in [0.2, 0.25) is 0 Å². The van der Waals surface area contributed by atoms with Crippen molar-refractivity contribution in [3.63, 3.8) is 0 Å². The normalized spacial score (nSPS) is 9.90. The average molecular weight is 305 g/mol. The van der Waals surface area contributed by atoms with Gasteiger partial charge < -0.3 is 11.1 Å². The fraction of sp³-hybridized carbons (Fsp3) is 0.286. The van der Waals surface area contributed by atoms with Gasteiger partial charge >= 0.3 is 0 Å². The summed E-state index contributed by atoms with van der Waals surface area (Å²) in [4.78, 5) is 17.1. The second-order valence-corrected chi connectivity index (χ2v) is 5.92. The Morgan fingerprint density at radius 1 is 1.50 bits per heavy atom. The molecule has 3 N–H and O–H groups in total. The van der Waals surface area contributed by atoms with Gasteiger partial charge in [0.25, 0.3) is 5.91 Å². The molecule has 0 aromatic carbocycles. The molecular formula is C14H15N3OS2. The van der Waals surface area contributed by atoms with Crippen LogP contribution in [0.25, 0.3) is 0 Å². The van der Waals surface area contributed by atoms with Crippen LogP contribution < -0.4 is 11.1 Å². The molecule has 0 atom stereocenters. The molecule has 20 heavy (non-hydrogen) atoms. The van der Waals surface area contributed by atoms with Gasteiger partial charge in [0.2, 0.25) is 0 Å². The fourth-order valence-electron chi connectivity index (χ4n) is 1.61. The van der Waals surface area contributed by atoms with Gasteiger partial charge in [0.15, 0.2) is 0 Å². The molecule has 2 aromatic heterocycles. The van der Waals surface area contributed by atoms with E-state index in [0.29, 0.717) is 18.0 Å². The van der Waals surface area contributed by atoms with E-state index in [-0.39, 0.29) is 5.91 Å². The lowest BCUT2D eigenvalue weighted by Gasteiger charge is -2.02. The molecule has 0 saturated heterocycles. The van der Waals surface area contributed by atoms with Gasteiger partial charge in [-0.2, -0.15) is 0 Å². The van der Waals surface area contributed by atoms with Crippen LogP contribution in [0.4, 0.5) is 0 Å². The van der Waals surface area contributed by atoms with Crippen LogP contribution in [0.3, 0.4) is 0 Å². The number of hydrogen-bond donors (Lipinski definition) is 2. The molecule has 0 aliphatic heterocycles. The molecule has 4 nitrogen and oxygen atoms in total. The summed E-state index contributed by atoms with van der Waals surface area (Å²) in [7, 11) is 0. The van der Waals surface area contributed by atoms with E-state index in [4.69, 9.17) is 5.73 Å². The lowest BCUT2D eigenvalue weighted by molar-refractivity contribution is 0.0958. The number of aromatic nitrogens is 1. The second kappa shape index (κ2) is 7.20. The minimum atomic E-state index is -0.0883. The predicted molar refractivity (Wildman–Crippen MR) is 83.1 cm³/mol. The summed E-state index contributed by atoms with van der Waals surface area (Å²) in [6, 6.07) is 1.84. The fourth-order valence-corrected chi connectivity index (χ4v) is 3.15. The van der Waals surface area contributed by atoms with E-state index in [1.807, 2.05) is 23.8 Å². The Morgan fingerprint density at radius 3 is 3.05 bits per heavy atom. The number of carbonyl (C=O) groups excluding carboxylic acids is 1. The molecule has 2 rings (SSSR count). The van der Waals surface area contributed by atoms with Crippen LogP contribution in [0.5, 0.6) is 0 Å². The molecule has 2 aromatic rings. The van der Waals surface area contributed by atoms with Crippen LogP contribution in [-0.4, -0.2) is 24.0 Å². The lowest BCUT2D eigenvalue weighted by Crippen LogP contribution is -2.25. The van der Waals surface area contributed by atoms with E-state index < -0.39 is 0 Å². The summed E-state index contributed by atoms with van der Waals surface area (Å²) < 4.78 is 0. The van der Waals surface area contributed by atoms with Gasteiger partial charge in [-0.1, -0.05) is 11.8 Å². The Hall–Kier alpha value is -1.68. The zero-order valence-corrected chi connectivity index (χ0v) is 12.7. The SMILES string of the molecule is Cc1csc(CCNC(=O)c2sccc2C#CCN)n1. The number of amides is 1. The predicted octanol–water partition coefficient (Wildman–Crippen LogP) is 1.80. The average Bonchev–Trinajstić information content (AvgIpc) is 3.05. The van der Waals surface area contributed by atoms with Crippen LogP contribution in [0, 0.1) is 18.8 Å². The number of carbonyl (C=O) groups is 1. The minimum absolute atomic E-state index is 0.0883. The molecule has 2 heterocycles. The van der Waals surface area contributed by atoms with Gasteiger partial charge in [0, 0.05) is 29.6 Å². The summed E-state index contributed by atoms with van der Waals surface area (Å²) in [5, 5.41) is 7.81. The van der Waals surface area contributed by atoms with Crippen molar-refractivity contribution in [2.24, 2.45) is 5.73 Å². The molecule has 0 radical (unpaired) electrons. The quantitative estimate of drug-likeness (QED) is 0.846. The highest BCUT2D eigenvalue weighted by Gasteiger charge is 2.11. The van der Waals surface area contributed by atoms with E-state index in [1.165, 1.54) is 11.3 Å². The maximum absolute atomic E-state index is 12.1. The highest BCUT2D eigenvalue weighted by Crippen LogP contribution is 2.15. The van der Waals surface area contributed by atoms with E-state index in [9.17, 15) is 4.79 Å². The summed E-state index contributed by atoms with van der Waals surface area (Å²) in [6.45, 7) is 2.83. The van der Waals surface area contributed by atoms with Crippen LogP contribution in [0.15, 0.2) is 16.8 Å². The van der Waals surface area contributed by atoms with Crippen LogP contribution in [0.1, 0.15) is 25.9 Å². The van der Waals surface area contributed by atoms with E-state index >= 15 is 0 Å². The third kappa shape index (κ3) is 3.90. The summed E-state index contributed by atoms with van der Waals surface area (Å²) in [6.07, 6.45) is 0.749. The molecule has 0 aliphatic carbocycles. The second-order valence-electron chi connectivity index (χ2n) is 4.06. The molecule has 0 saturated carbocycles. The number of thiophene rings is 1. The first-order valence-electron chi connectivity index (χ1n) is 6.16. The highest BCUT2D eigenvalue weighted by molar-refractivity contribution is 7.12. The van der Waals surface area contributed by atoms with Crippen molar-refractivity contribution in [1.82, 2.24) is 10.3 Å². The largest absolute Gasteiger partial charge is 0.351 e. The van der Waals surface area contributed by atoms with Gasteiger partial charge in [-0.15, -0.1) is 22.7 Å². The molecule has 0 spiro atoms. The van der Waals surface area contributed by atoms with Crippen molar-refractivity contribution >= 4 is 28.6 Å². The number of aryl methyl sites for hydroxylation is 1. The van der Waals surface area contributed by atoms with Gasteiger partial charge in [-0.25, -0.2) is 4.98 Å². The Labute approximate surface area is 126 Å². The van der Waals surface area contributed by atoms with Crippen LogP contribution >= 0.6 is 22.7 Å². The Morgan fingerprint density at radius 2 is 2.35 bits per heavy atom. The highest BCUT2D eigenvalue weighted by atomic mass is 32.1. The zero-order chi connectivity index (χ0) is 14.4. The minimum Gasteiger partial charge on any atom is -0.351 e. The molecule has 104 valence electrons. The third-order valence-corrected chi connectivity index (χ3v) is 4.43. The standard InChI is InChI=1S/C14H15N3OS2/c1-10-9-20-12(17-10)4-7-16-14(18)13-11(3-2-6-15)5-8-19-13/h5,8-9H,4,6-7,15H2,1H3,(H,16,18). The number of rotatable bonds is 4. The monoisotopic (exact) mass is 305 g/mol. The van der Waals surface area contributed by atoms with E-state index in [0.717, 1.165) is 22.7 Å². The number of nitrogens with two attached hydrogens (primary N) is 1. The van der Waals surface area contributed by atoms with E-state index in [2.05, 4.69) is 22.1 Å². The molecule has 1 amide bonds. The molecule has 6 heteroatoms. The molecular weight excluding hydrogens is 290 g/mol. The van der Waals surface area contributed by atoms with Crippen molar-refractivity contribution in [1.29, 1.82) is 0 Å². The van der Waals surface area contributed by atoms with Gasteiger partial charge in [-0.05, 0) is 18.4 Å². The van der Waals surface area contributed by atoms with Crippen molar-refractivity contribution in [3.05, 3.63) is 38.0 Å². The van der Waals surface area contributed by atoms with Crippen molar-refractivity contribution in [2.45, 2.75) is 13.3 Å². The zero-order valence-electron chi connectivity index (χ0n) is 11.1. The first-order valence-corrected chi connectivity index (χ1v) is 7.92. The van der Waals surface area contributed by atoms with E-state index in [1.54, 1.807) is 11.3 Å². The molecule has 0 bridgehead atoms. The first kappa shape index (κ1) is 14.7. The third-order valence-electron chi connectivity index (χ3n) is 2.49. The topological polar surface area (TPSA) is 68.0 Å². The maximum Gasteiger partial charge on any atom is 0.262 e. The summed E-state index contributed by atoms with van der Waals surface area (Å²) in [5.74, 6) is 5.59. The van der Waals surface area contributed by atoms with Gasteiger partial charge in [0.05, 0.1) is 11.6 Å². The Kier molecular flexibility index (Phi) is 5.30. The maximum atomic E-state index is 12.1. The number of nitrogens with one attached hydrogen (secondary N) is 1. The summed E-state index contributed by atoms with van der Waals surface area (Å²) in [5.41, 5.74) is 7.10. The van der Waals surface area contributed by atoms with Crippen molar-refractivity contribution in [2.75, 3.05) is 13.1 Å². The van der Waals surface area contributed by atoms with Crippen molar-refractivity contribution in [3.8, 4) is 11.8 Å². The summed E-state index contributed by atoms with van der Waals surface area (Å²) >= 11 is 3.01. The Balaban J connectivity index is 1.90. The Bertz CT molecular complexity index is 649.